The average molecular weight is 241 g/mol. The fourth-order valence-corrected chi connectivity index (χ4v) is 1.97. The Kier molecular flexibility index (Phi) is 3.56. The lowest BCUT2D eigenvalue weighted by atomic mass is 10.0. The van der Waals surface area contributed by atoms with Gasteiger partial charge in [0.25, 0.3) is 0 Å². The van der Waals surface area contributed by atoms with E-state index in [0.29, 0.717) is 11.6 Å². The van der Waals surface area contributed by atoms with E-state index in [-0.39, 0.29) is 0 Å². The molecule has 2 N–H and O–H groups in total. The minimum Gasteiger partial charge on any atom is -0.455 e. The minimum atomic E-state index is 0.423. The zero-order valence-electron chi connectivity index (χ0n) is 11.1. The van der Waals surface area contributed by atoms with Crippen molar-refractivity contribution in [3.05, 3.63) is 53.6 Å². The third kappa shape index (κ3) is 2.48. The zero-order chi connectivity index (χ0) is 13.1. The lowest BCUT2D eigenvalue weighted by molar-refractivity contribution is 0.472. The molecule has 0 aliphatic rings. The third-order valence-electron chi connectivity index (χ3n) is 3.00. The van der Waals surface area contributed by atoms with Crippen molar-refractivity contribution in [3.8, 4) is 11.5 Å². The Balaban J connectivity index is 2.40. The molecule has 0 fully saturated rings. The van der Waals surface area contributed by atoms with Gasteiger partial charge < -0.3 is 10.5 Å². The molecular formula is C16H19NO. The molecule has 0 aliphatic carbocycles. The minimum absolute atomic E-state index is 0.423. The van der Waals surface area contributed by atoms with Crippen LogP contribution in [0.25, 0.3) is 0 Å². The van der Waals surface area contributed by atoms with Crippen LogP contribution >= 0.6 is 0 Å². The summed E-state index contributed by atoms with van der Waals surface area (Å²) >= 11 is 0. The van der Waals surface area contributed by atoms with Gasteiger partial charge in [0.2, 0.25) is 0 Å². The molecular weight excluding hydrogens is 222 g/mol. The van der Waals surface area contributed by atoms with Crippen LogP contribution in [0.15, 0.2) is 42.5 Å². The molecule has 0 atom stereocenters. The van der Waals surface area contributed by atoms with Crippen molar-refractivity contribution in [1.82, 2.24) is 0 Å². The molecule has 0 heterocycles. The summed E-state index contributed by atoms with van der Waals surface area (Å²) in [6, 6.07) is 13.9. The first-order valence-corrected chi connectivity index (χ1v) is 6.21. The lowest BCUT2D eigenvalue weighted by Crippen LogP contribution is -1.98. The van der Waals surface area contributed by atoms with E-state index >= 15 is 0 Å². The highest BCUT2D eigenvalue weighted by Gasteiger charge is 2.10. The first-order valence-electron chi connectivity index (χ1n) is 6.21. The van der Waals surface area contributed by atoms with Crippen molar-refractivity contribution in [2.24, 2.45) is 0 Å². The Bertz CT molecular complexity index is 526. The Morgan fingerprint density at radius 2 is 1.72 bits per heavy atom. The number of aryl methyl sites for hydroxylation is 1. The van der Waals surface area contributed by atoms with Crippen LogP contribution < -0.4 is 10.5 Å². The van der Waals surface area contributed by atoms with Crippen molar-refractivity contribution in [2.75, 3.05) is 5.73 Å². The number of ether oxygens (including phenoxy) is 1. The fraction of sp³-hybridized carbons (Fsp3) is 0.250. The summed E-state index contributed by atoms with van der Waals surface area (Å²) in [5, 5.41) is 0. The highest BCUT2D eigenvalue weighted by molar-refractivity contribution is 5.58. The van der Waals surface area contributed by atoms with Crippen LogP contribution in [0.3, 0.4) is 0 Å². The maximum Gasteiger partial charge on any atom is 0.153 e. The highest BCUT2D eigenvalue weighted by Crippen LogP contribution is 2.34. The first-order chi connectivity index (χ1) is 8.59. The number of nitrogens with two attached hydrogens (primary N) is 1. The van der Waals surface area contributed by atoms with E-state index in [2.05, 4.69) is 19.9 Å². The molecule has 2 rings (SSSR count). The molecule has 18 heavy (non-hydrogen) atoms. The predicted octanol–water partition coefficient (Wildman–Crippen LogP) is 4.49. The quantitative estimate of drug-likeness (QED) is 0.803. The summed E-state index contributed by atoms with van der Waals surface area (Å²) in [7, 11) is 0. The summed E-state index contributed by atoms with van der Waals surface area (Å²) in [4.78, 5) is 0. The molecule has 0 aliphatic heterocycles. The smallest absolute Gasteiger partial charge is 0.153 e. The molecule has 0 spiro atoms. The summed E-state index contributed by atoms with van der Waals surface area (Å²) < 4.78 is 6.01. The second-order valence-corrected chi connectivity index (χ2v) is 4.79. The first kappa shape index (κ1) is 12.5. The van der Waals surface area contributed by atoms with Gasteiger partial charge in [0.15, 0.2) is 5.75 Å². The second-order valence-electron chi connectivity index (χ2n) is 4.79. The van der Waals surface area contributed by atoms with Gasteiger partial charge in [0.1, 0.15) is 5.75 Å². The zero-order valence-corrected chi connectivity index (χ0v) is 11.1. The van der Waals surface area contributed by atoms with E-state index in [4.69, 9.17) is 10.5 Å². The molecule has 0 saturated heterocycles. The van der Waals surface area contributed by atoms with Crippen molar-refractivity contribution < 1.29 is 4.74 Å². The Labute approximate surface area is 108 Å². The van der Waals surface area contributed by atoms with Crippen LogP contribution in [-0.4, -0.2) is 0 Å². The summed E-state index contributed by atoms with van der Waals surface area (Å²) in [5.74, 6) is 2.06. The molecule has 2 aromatic rings. The molecule has 0 unspecified atom stereocenters. The van der Waals surface area contributed by atoms with Crippen LogP contribution in [0.4, 0.5) is 5.69 Å². The van der Waals surface area contributed by atoms with Crippen molar-refractivity contribution in [1.29, 1.82) is 0 Å². The maximum absolute atomic E-state index is 6.01. The van der Waals surface area contributed by atoms with E-state index < -0.39 is 0 Å². The Morgan fingerprint density at radius 3 is 2.39 bits per heavy atom. The van der Waals surface area contributed by atoms with E-state index in [9.17, 15) is 0 Å². The predicted molar refractivity (Wildman–Crippen MR) is 76.2 cm³/mol. The summed E-state index contributed by atoms with van der Waals surface area (Å²) in [5.41, 5.74) is 8.89. The van der Waals surface area contributed by atoms with Crippen LogP contribution in [0, 0.1) is 6.92 Å². The number of hydrogen-bond acceptors (Lipinski definition) is 2. The van der Waals surface area contributed by atoms with E-state index in [0.717, 1.165) is 17.1 Å². The van der Waals surface area contributed by atoms with E-state index in [1.807, 2.05) is 43.3 Å². The number of benzene rings is 2. The summed E-state index contributed by atoms with van der Waals surface area (Å²) in [6.45, 7) is 6.32. The molecule has 94 valence electrons. The molecule has 2 nitrogen and oxygen atoms in total. The normalized spacial score (nSPS) is 10.7. The molecule has 0 aromatic heterocycles. The van der Waals surface area contributed by atoms with Crippen LogP contribution in [0.2, 0.25) is 0 Å². The largest absolute Gasteiger partial charge is 0.455 e. The van der Waals surface area contributed by atoms with Gasteiger partial charge in [-0.2, -0.15) is 0 Å². The number of rotatable bonds is 3. The number of nitrogen functional groups attached to an aromatic ring is 1. The Morgan fingerprint density at radius 1 is 1.00 bits per heavy atom. The van der Waals surface area contributed by atoms with Crippen LogP contribution in [0.5, 0.6) is 11.5 Å². The van der Waals surface area contributed by atoms with Crippen molar-refractivity contribution >= 4 is 5.69 Å². The van der Waals surface area contributed by atoms with Gasteiger partial charge in [-0.1, -0.05) is 44.2 Å². The molecule has 0 radical (unpaired) electrons. The lowest BCUT2D eigenvalue weighted by Gasteiger charge is -2.16. The number of hydrogen-bond donors (Lipinski definition) is 1. The molecule has 0 amide bonds. The second kappa shape index (κ2) is 5.13. The number of anilines is 1. The molecule has 2 heteroatoms. The van der Waals surface area contributed by atoms with Gasteiger partial charge in [-0.05, 0) is 36.1 Å². The number of para-hydroxylation sites is 2. The monoisotopic (exact) mass is 241 g/mol. The van der Waals surface area contributed by atoms with Gasteiger partial charge in [-0.3, -0.25) is 0 Å². The van der Waals surface area contributed by atoms with Gasteiger partial charge in [0, 0.05) is 0 Å². The molecule has 0 bridgehead atoms. The van der Waals surface area contributed by atoms with Crippen molar-refractivity contribution in [2.45, 2.75) is 26.7 Å². The van der Waals surface area contributed by atoms with E-state index in [1.54, 1.807) is 0 Å². The van der Waals surface area contributed by atoms with Crippen LogP contribution in [0.1, 0.15) is 30.9 Å². The van der Waals surface area contributed by atoms with E-state index in [1.165, 1.54) is 5.56 Å². The standard InChI is InChI=1S/C16H19NO/c1-11(2)13-8-4-5-10-15(13)18-16-12(3)7-6-9-14(16)17/h4-11H,17H2,1-3H3. The Hall–Kier alpha value is -1.96. The topological polar surface area (TPSA) is 35.2 Å². The summed E-state index contributed by atoms with van der Waals surface area (Å²) in [6.07, 6.45) is 0. The molecule has 0 saturated carbocycles. The maximum atomic E-state index is 6.01. The molecule has 2 aromatic carbocycles. The average Bonchev–Trinajstić information content (AvgIpc) is 2.34. The van der Waals surface area contributed by atoms with Crippen LogP contribution in [-0.2, 0) is 0 Å². The third-order valence-corrected chi connectivity index (χ3v) is 3.00. The van der Waals surface area contributed by atoms with Gasteiger partial charge in [-0.15, -0.1) is 0 Å². The van der Waals surface area contributed by atoms with Gasteiger partial charge in [-0.25, -0.2) is 0 Å². The highest BCUT2D eigenvalue weighted by atomic mass is 16.5. The fourth-order valence-electron chi connectivity index (χ4n) is 1.97. The van der Waals surface area contributed by atoms with Gasteiger partial charge in [0.05, 0.1) is 5.69 Å². The van der Waals surface area contributed by atoms with Gasteiger partial charge >= 0.3 is 0 Å². The van der Waals surface area contributed by atoms with Crippen molar-refractivity contribution in [3.63, 3.8) is 0 Å². The SMILES string of the molecule is Cc1cccc(N)c1Oc1ccccc1C(C)C.